The highest BCUT2D eigenvalue weighted by molar-refractivity contribution is 5.37. The van der Waals surface area contributed by atoms with Crippen molar-refractivity contribution in [3.63, 3.8) is 0 Å². The van der Waals surface area contributed by atoms with Crippen molar-refractivity contribution in [3.05, 3.63) is 29.1 Å². The third-order valence-electron chi connectivity index (χ3n) is 5.77. The molecule has 0 aromatic carbocycles. The van der Waals surface area contributed by atoms with Gasteiger partial charge < -0.3 is 10.2 Å². The predicted molar refractivity (Wildman–Crippen MR) is 76.0 cm³/mol. The monoisotopic (exact) mass is 273 g/mol. The maximum absolute atomic E-state index is 11.0. The highest BCUT2D eigenvalue weighted by Crippen LogP contribution is 2.54. The molecule has 3 aliphatic carbocycles. The van der Waals surface area contributed by atoms with Crippen molar-refractivity contribution >= 4 is 0 Å². The zero-order valence-electron chi connectivity index (χ0n) is 11.8. The summed E-state index contributed by atoms with van der Waals surface area (Å²) >= 11 is 0. The summed E-state index contributed by atoms with van der Waals surface area (Å²) in [4.78, 5) is 4.31. The summed E-state index contributed by atoms with van der Waals surface area (Å²) in [5, 5.41) is 20.6. The fraction of sp³-hybridized carbons (Fsp3) is 0.706. The number of fused-ring (bicyclic) bond motifs is 2. The molecule has 4 unspecified atom stereocenters. The van der Waals surface area contributed by atoms with Gasteiger partial charge in [0, 0.05) is 11.8 Å². The number of aromatic nitrogens is 1. The van der Waals surface area contributed by atoms with Gasteiger partial charge in [0.05, 0.1) is 18.4 Å². The van der Waals surface area contributed by atoms with Crippen LogP contribution in [0.1, 0.15) is 67.4 Å². The molecule has 3 nitrogen and oxygen atoms in total. The molecule has 4 rings (SSSR count). The van der Waals surface area contributed by atoms with Crippen molar-refractivity contribution in [2.75, 3.05) is 0 Å². The van der Waals surface area contributed by atoms with Crippen LogP contribution in [-0.4, -0.2) is 15.2 Å². The normalized spacial score (nSPS) is 33.6. The molecule has 3 fully saturated rings. The number of pyridine rings is 1. The molecule has 4 atom stereocenters. The molecule has 1 heterocycles. The molecule has 1 aromatic heterocycles. The van der Waals surface area contributed by atoms with Gasteiger partial charge in [0.25, 0.3) is 0 Å². The predicted octanol–water partition coefficient (Wildman–Crippen LogP) is 2.92. The van der Waals surface area contributed by atoms with Gasteiger partial charge in [0.2, 0.25) is 0 Å². The quantitative estimate of drug-likeness (QED) is 0.887. The second-order valence-corrected chi connectivity index (χ2v) is 6.98. The fourth-order valence-corrected chi connectivity index (χ4v) is 4.65. The SMILES string of the molecule is OCc1nccc(C2CC2)c1C(O)C1CC2CCC1C2. The highest BCUT2D eigenvalue weighted by atomic mass is 16.3. The summed E-state index contributed by atoms with van der Waals surface area (Å²) in [7, 11) is 0. The van der Waals surface area contributed by atoms with E-state index in [4.69, 9.17) is 0 Å². The average Bonchev–Trinajstić information content (AvgIpc) is 3.12. The van der Waals surface area contributed by atoms with Crippen LogP contribution in [0, 0.1) is 17.8 Å². The van der Waals surface area contributed by atoms with E-state index in [0.717, 1.165) is 17.9 Å². The summed E-state index contributed by atoms with van der Waals surface area (Å²) in [6.07, 6.45) is 8.89. The molecule has 0 spiro atoms. The number of hydrogen-bond acceptors (Lipinski definition) is 3. The summed E-state index contributed by atoms with van der Waals surface area (Å²) in [5.41, 5.74) is 2.92. The van der Waals surface area contributed by atoms with E-state index < -0.39 is 6.10 Å². The second-order valence-electron chi connectivity index (χ2n) is 6.98. The van der Waals surface area contributed by atoms with Crippen LogP contribution in [0.5, 0.6) is 0 Å². The second kappa shape index (κ2) is 4.81. The molecule has 0 radical (unpaired) electrons. The molecule has 0 saturated heterocycles. The van der Waals surface area contributed by atoms with Crippen molar-refractivity contribution in [3.8, 4) is 0 Å². The Hall–Kier alpha value is -0.930. The van der Waals surface area contributed by atoms with Gasteiger partial charge in [-0.15, -0.1) is 0 Å². The van der Waals surface area contributed by atoms with Crippen molar-refractivity contribution in [1.29, 1.82) is 0 Å². The van der Waals surface area contributed by atoms with Gasteiger partial charge in [-0.25, -0.2) is 0 Å². The molecule has 3 heteroatoms. The van der Waals surface area contributed by atoms with Gasteiger partial charge in [-0.05, 0) is 67.4 Å². The summed E-state index contributed by atoms with van der Waals surface area (Å²) < 4.78 is 0. The lowest BCUT2D eigenvalue weighted by atomic mass is 9.80. The molecule has 1 aromatic rings. The molecule has 2 N–H and O–H groups in total. The number of rotatable bonds is 4. The molecule has 0 amide bonds. The van der Waals surface area contributed by atoms with Crippen molar-refractivity contribution < 1.29 is 10.2 Å². The van der Waals surface area contributed by atoms with E-state index >= 15 is 0 Å². The Bertz CT molecular complexity index is 512. The molecule has 3 aliphatic rings. The Labute approximate surface area is 120 Å². The van der Waals surface area contributed by atoms with E-state index in [9.17, 15) is 10.2 Å². The van der Waals surface area contributed by atoms with Gasteiger partial charge >= 0.3 is 0 Å². The lowest BCUT2D eigenvalue weighted by molar-refractivity contribution is 0.0712. The summed E-state index contributed by atoms with van der Waals surface area (Å²) in [6.45, 7) is -0.0617. The molecular weight excluding hydrogens is 250 g/mol. The largest absolute Gasteiger partial charge is 0.390 e. The van der Waals surface area contributed by atoms with E-state index in [-0.39, 0.29) is 6.61 Å². The maximum atomic E-state index is 11.0. The average molecular weight is 273 g/mol. The maximum Gasteiger partial charge on any atom is 0.0856 e. The zero-order valence-corrected chi connectivity index (χ0v) is 11.8. The number of aliphatic hydroxyl groups excluding tert-OH is 2. The zero-order chi connectivity index (χ0) is 13.7. The Morgan fingerprint density at radius 3 is 2.65 bits per heavy atom. The minimum Gasteiger partial charge on any atom is -0.390 e. The molecule has 3 saturated carbocycles. The van der Waals surface area contributed by atoms with Crippen LogP contribution < -0.4 is 0 Å². The van der Waals surface area contributed by atoms with Gasteiger partial charge in [0.1, 0.15) is 0 Å². The van der Waals surface area contributed by atoms with Crippen LogP contribution in [0.2, 0.25) is 0 Å². The van der Waals surface area contributed by atoms with Crippen LogP contribution in [0.15, 0.2) is 12.3 Å². The number of aliphatic hydroxyl groups is 2. The van der Waals surface area contributed by atoms with Crippen LogP contribution >= 0.6 is 0 Å². The molecular formula is C17H23NO2. The lowest BCUT2D eigenvalue weighted by Crippen LogP contribution is -2.22. The van der Waals surface area contributed by atoms with Gasteiger partial charge in [-0.3, -0.25) is 4.98 Å². The smallest absolute Gasteiger partial charge is 0.0856 e. The lowest BCUT2D eigenvalue weighted by Gasteiger charge is -2.29. The third kappa shape index (κ3) is 1.99. The Balaban J connectivity index is 1.69. The molecule has 20 heavy (non-hydrogen) atoms. The van der Waals surface area contributed by atoms with E-state index in [0.29, 0.717) is 23.4 Å². The van der Waals surface area contributed by atoms with Gasteiger partial charge in [-0.2, -0.15) is 0 Å². The number of hydrogen-bond donors (Lipinski definition) is 2. The molecule has 108 valence electrons. The first kappa shape index (κ1) is 12.8. The van der Waals surface area contributed by atoms with Crippen LogP contribution in [0.25, 0.3) is 0 Å². The van der Waals surface area contributed by atoms with Crippen molar-refractivity contribution in [2.24, 2.45) is 17.8 Å². The third-order valence-corrected chi connectivity index (χ3v) is 5.77. The first-order valence-electron chi connectivity index (χ1n) is 8.04. The van der Waals surface area contributed by atoms with Crippen LogP contribution in [0.3, 0.4) is 0 Å². The van der Waals surface area contributed by atoms with E-state index in [1.165, 1.54) is 37.7 Å². The summed E-state index contributed by atoms with van der Waals surface area (Å²) in [5.74, 6) is 2.50. The number of nitrogens with zero attached hydrogens (tertiary/aromatic N) is 1. The van der Waals surface area contributed by atoms with E-state index in [2.05, 4.69) is 11.1 Å². The molecule has 0 aliphatic heterocycles. The Morgan fingerprint density at radius 2 is 2.05 bits per heavy atom. The Morgan fingerprint density at radius 1 is 1.20 bits per heavy atom. The van der Waals surface area contributed by atoms with Crippen LogP contribution in [-0.2, 0) is 6.61 Å². The summed E-state index contributed by atoms with van der Waals surface area (Å²) in [6, 6.07) is 2.06. The van der Waals surface area contributed by atoms with Gasteiger partial charge in [0.15, 0.2) is 0 Å². The Kier molecular flexibility index (Phi) is 3.08. The molecule has 2 bridgehead atoms. The fourth-order valence-electron chi connectivity index (χ4n) is 4.65. The minimum absolute atomic E-state index is 0.0617. The van der Waals surface area contributed by atoms with E-state index in [1.54, 1.807) is 6.20 Å². The topological polar surface area (TPSA) is 53.4 Å². The first-order valence-corrected chi connectivity index (χ1v) is 8.04. The van der Waals surface area contributed by atoms with Gasteiger partial charge in [-0.1, -0.05) is 6.42 Å². The van der Waals surface area contributed by atoms with Crippen molar-refractivity contribution in [1.82, 2.24) is 4.98 Å². The van der Waals surface area contributed by atoms with E-state index in [1.807, 2.05) is 0 Å². The minimum atomic E-state index is -0.420. The van der Waals surface area contributed by atoms with Crippen LogP contribution in [0.4, 0.5) is 0 Å². The first-order chi connectivity index (χ1) is 9.78. The van der Waals surface area contributed by atoms with Crippen molar-refractivity contribution in [2.45, 2.75) is 57.2 Å². The highest BCUT2D eigenvalue weighted by Gasteiger charge is 2.44. The standard InChI is InChI=1S/C17H23NO2/c19-9-15-16(13(5-6-18-15)11-3-4-11)17(20)14-8-10-1-2-12(14)7-10/h5-6,10-12,14,17,19-20H,1-4,7-9H2.